The van der Waals surface area contributed by atoms with Gasteiger partial charge in [-0.3, -0.25) is 9.78 Å². The lowest BCUT2D eigenvalue weighted by Crippen LogP contribution is -2.02. The maximum absolute atomic E-state index is 10.8. The molecule has 1 aromatic heterocycles. The predicted octanol–water partition coefficient (Wildman–Crippen LogP) is 3.48. The van der Waals surface area contributed by atoms with Crippen LogP contribution in [0.2, 0.25) is 10.0 Å². The van der Waals surface area contributed by atoms with E-state index in [0.717, 1.165) is 5.69 Å². The van der Waals surface area contributed by atoms with Crippen LogP contribution in [0, 0.1) is 6.92 Å². The van der Waals surface area contributed by atoms with Gasteiger partial charge in [0.15, 0.2) is 0 Å². The minimum absolute atomic E-state index is 0.0821. The average Bonchev–Trinajstić information content (AvgIpc) is 2.13. The number of fused-ring (bicyclic) bond motifs is 1. The van der Waals surface area contributed by atoms with Crippen LogP contribution in [-0.4, -0.2) is 16.1 Å². The number of pyridine rings is 1. The fraction of sp³-hybridized carbons (Fsp3) is 0.167. The number of nitrogens with zero attached hydrogens (tertiary/aromatic N) is 1. The molecule has 0 saturated carbocycles. The maximum atomic E-state index is 10.8. The minimum Gasteiger partial charge on any atom is -0.481 e. The Balaban J connectivity index is 2.77. The van der Waals surface area contributed by atoms with Crippen LogP contribution in [0.1, 0.15) is 11.3 Å². The molecule has 2 rings (SSSR count). The van der Waals surface area contributed by atoms with Crippen molar-refractivity contribution in [3.05, 3.63) is 39.5 Å². The van der Waals surface area contributed by atoms with Crippen molar-refractivity contribution in [1.29, 1.82) is 0 Å². The second-order valence-electron chi connectivity index (χ2n) is 3.78. The third-order valence-electron chi connectivity index (χ3n) is 2.38. The molecule has 0 saturated heterocycles. The van der Waals surface area contributed by atoms with Gasteiger partial charge in [0.2, 0.25) is 0 Å². The van der Waals surface area contributed by atoms with Crippen molar-refractivity contribution < 1.29 is 9.90 Å². The fourth-order valence-corrected chi connectivity index (χ4v) is 2.42. The van der Waals surface area contributed by atoms with E-state index in [1.165, 1.54) is 0 Å². The van der Waals surface area contributed by atoms with Crippen LogP contribution >= 0.6 is 23.2 Å². The van der Waals surface area contributed by atoms with Gasteiger partial charge >= 0.3 is 5.97 Å². The molecule has 1 aromatic carbocycles. The number of halogens is 2. The molecule has 1 N–H and O–H groups in total. The topological polar surface area (TPSA) is 50.2 Å². The Bertz CT molecular complexity index is 606. The quantitative estimate of drug-likeness (QED) is 0.908. The minimum atomic E-state index is -0.900. The first kappa shape index (κ1) is 12.1. The average molecular weight is 270 g/mol. The number of carboxylic acids is 1. The summed E-state index contributed by atoms with van der Waals surface area (Å²) in [5, 5.41) is 10.4. The number of aryl methyl sites for hydroxylation is 1. The first-order chi connectivity index (χ1) is 7.97. The van der Waals surface area contributed by atoms with Gasteiger partial charge in [0, 0.05) is 16.1 Å². The summed E-state index contributed by atoms with van der Waals surface area (Å²) in [6.07, 6.45) is -0.0821. The molecule has 0 radical (unpaired) electrons. The van der Waals surface area contributed by atoms with E-state index in [0.29, 0.717) is 26.5 Å². The SMILES string of the molecule is Cc1cc(CC(=O)O)c2c(Cl)cc(Cl)cc2n1. The molecular formula is C12H9Cl2NO2. The lowest BCUT2D eigenvalue weighted by molar-refractivity contribution is -0.136. The van der Waals surface area contributed by atoms with Gasteiger partial charge in [-0.25, -0.2) is 0 Å². The zero-order chi connectivity index (χ0) is 12.6. The van der Waals surface area contributed by atoms with Crippen LogP contribution in [0.5, 0.6) is 0 Å². The van der Waals surface area contributed by atoms with Crippen LogP contribution < -0.4 is 0 Å². The lowest BCUT2D eigenvalue weighted by Gasteiger charge is -2.08. The molecule has 88 valence electrons. The van der Waals surface area contributed by atoms with Crippen LogP contribution in [0.4, 0.5) is 0 Å². The van der Waals surface area contributed by atoms with Gasteiger partial charge in [-0.2, -0.15) is 0 Å². The first-order valence-corrected chi connectivity index (χ1v) is 5.70. The largest absolute Gasteiger partial charge is 0.481 e. The van der Waals surface area contributed by atoms with E-state index >= 15 is 0 Å². The molecule has 5 heteroatoms. The van der Waals surface area contributed by atoms with Crippen molar-refractivity contribution in [3.8, 4) is 0 Å². The van der Waals surface area contributed by atoms with Gasteiger partial charge in [0.1, 0.15) is 0 Å². The van der Waals surface area contributed by atoms with Gasteiger partial charge in [-0.1, -0.05) is 23.2 Å². The van der Waals surface area contributed by atoms with Crippen LogP contribution in [0.15, 0.2) is 18.2 Å². The normalized spacial score (nSPS) is 10.8. The van der Waals surface area contributed by atoms with Gasteiger partial charge in [-0.15, -0.1) is 0 Å². The smallest absolute Gasteiger partial charge is 0.307 e. The molecule has 1 heterocycles. The molecule has 3 nitrogen and oxygen atoms in total. The number of rotatable bonds is 2. The van der Waals surface area contributed by atoms with E-state index in [2.05, 4.69) is 4.98 Å². The summed E-state index contributed by atoms with van der Waals surface area (Å²) >= 11 is 12.0. The summed E-state index contributed by atoms with van der Waals surface area (Å²) in [6, 6.07) is 5.01. The van der Waals surface area contributed by atoms with Gasteiger partial charge in [0.25, 0.3) is 0 Å². The third-order valence-corrected chi connectivity index (χ3v) is 2.89. The molecule has 0 aliphatic carbocycles. The lowest BCUT2D eigenvalue weighted by atomic mass is 10.0. The number of carboxylic acid groups (broad SMARTS) is 1. The molecule has 0 spiro atoms. The summed E-state index contributed by atoms with van der Waals surface area (Å²) in [6.45, 7) is 1.81. The second-order valence-corrected chi connectivity index (χ2v) is 4.62. The van der Waals surface area contributed by atoms with E-state index < -0.39 is 5.97 Å². The summed E-state index contributed by atoms with van der Waals surface area (Å²) < 4.78 is 0. The van der Waals surface area contributed by atoms with Crippen LogP contribution in [0.3, 0.4) is 0 Å². The molecule has 0 aliphatic rings. The maximum Gasteiger partial charge on any atom is 0.307 e. The van der Waals surface area contributed by atoms with Crippen molar-refractivity contribution in [1.82, 2.24) is 4.98 Å². The molecular weight excluding hydrogens is 261 g/mol. The van der Waals surface area contributed by atoms with E-state index in [1.807, 2.05) is 0 Å². The number of aliphatic carboxylic acids is 1. The van der Waals surface area contributed by atoms with Crippen molar-refractivity contribution in [2.45, 2.75) is 13.3 Å². The number of aromatic nitrogens is 1. The Kier molecular flexibility index (Phi) is 3.22. The number of carbonyl (C=O) groups is 1. The molecule has 17 heavy (non-hydrogen) atoms. The van der Waals surface area contributed by atoms with E-state index in [1.54, 1.807) is 25.1 Å². The molecule has 0 fully saturated rings. The molecule has 0 atom stereocenters. The standard InChI is InChI=1S/C12H9Cl2NO2/c1-6-2-7(3-11(16)17)12-9(14)4-8(13)5-10(12)15-6/h2,4-5H,3H2,1H3,(H,16,17). The van der Waals surface area contributed by atoms with Crippen molar-refractivity contribution in [2.75, 3.05) is 0 Å². The van der Waals surface area contributed by atoms with Crippen molar-refractivity contribution in [2.24, 2.45) is 0 Å². The third kappa shape index (κ3) is 2.51. The Morgan fingerprint density at radius 3 is 2.71 bits per heavy atom. The zero-order valence-corrected chi connectivity index (χ0v) is 10.5. The number of hydrogen-bond donors (Lipinski definition) is 1. The number of hydrogen-bond acceptors (Lipinski definition) is 2. The van der Waals surface area contributed by atoms with E-state index in [4.69, 9.17) is 28.3 Å². The molecule has 0 unspecified atom stereocenters. The van der Waals surface area contributed by atoms with Gasteiger partial charge in [-0.05, 0) is 30.7 Å². The predicted molar refractivity (Wildman–Crippen MR) is 67.8 cm³/mol. The van der Waals surface area contributed by atoms with Crippen molar-refractivity contribution in [3.63, 3.8) is 0 Å². The molecule has 2 aromatic rings. The highest BCUT2D eigenvalue weighted by molar-refractivity contribution is 6.38. The Hall–Kier alpha value is -1.32. The fourth-order valence-electron chi connectivity index (χ4n) is 1.82. The molecule has 0 aliphatic heterocycles. The summed E-state index contributed by atoms with van der Waals surface area (Å²) in [5.74, 6) is -0.900. The highest BCUT2D eigenvalue weighted by Gasteiger charge is 2.11. The summed E-state index contributed by atoms with van der Waals surface area (Å²) in [5.41, 5.74) is 2.02. The van der Waals surface area contributed by atoms with E-state index in [9.17, 15) is 4.79 Å². The summed E-state index contributed by atoms with van der Waals surface area (Å²) in [4.78, 5) is 15.1. The Labute approximate surface area is 108 Å². The monoisotopic (exact) mass is 269 g/mol. The van der Waals surface area contributed by atoms with Gasteiger partial charge in [0.05, 0.1) is 17.0 Å². The highest BCUT2D eigenvalue weighted by Crippen LogP contribution is 2.30. The molecule has 0 amide bonds. The van der Waals surface area contributed by atoms with Crippen LogP contribution in [0.25, 0.3) is 10.9 Å². The number of benzene rings is 1. The molecule has 0 bridgehead atoms. The van der Waals surface area contributed by atoms with E-state index in [-0.39, 0.29) is 6.42 Å². The Morgan fingerprint density at radius 1 is 1.35 bits per heavy atom. The van der Waals surface area contributed by atoms with Crippen LogP contribution in [-0.2, 0) is 11.2 Å². The first-order valence-electron chi connectivity index (χ1n) is 4.94. The van der Waals surface area contributed by atoms with Gasteiger partial charge < -0.3 is 5.11 Å². The second kappa shape index (κ2) is 4.51. The zero-order valence-electron chi connectivity index (χ0n) is 9.00. The Morgan fingerprint density at radius 2 is 2.06 bits per heavy atom. The summed E-state index contributed by atoms with van der Waals surface area (Å²) in [7, 11) is 0. The highest BCUT2D eigenvalue weighted by atomic mass is 35.5. The van der Waals surface area contributed by atoms with Crippen molar-refractivity contribution >= 4 is 40.1 Å².